The van der Waals surface area contributed by atoms with Gasteiger partial charge in [0.05, 0.1) is 5.52 Å². The average molecular weight is 343 g/mol. The maximum Gasteiger partial charge on any atom is 0.328 e. The number of aryl methyl sites for hydroxylation is 1. The van der Waals surface area contributed by atoms with E-state index in [1.165, 1.54) is 16.8 Å². The second kappa shape index (κ2) is 5.62. The van der Waals surface area contributed by atoms with Crippen molar-refractivity contribution >= 4 is 11.2 Å². The molecule has 1 aromatic carbocycles. The monoisotopic (exact) mass is 343 g/mol. The molecule has 0 aliphatic carbocycles. The molecule has 0 aliphatic heterocycles. The van der Waals surface area contributed by atoms with Gasteiger partial charge in [0.25, 0.3) is 0 Å². The number of aromatic amines is 1. The number of fused-ring (bicyclic) bond motifs is 1. The fourth-order valence-electron chi connectivity index (χ4n) is 2.56. The third-order valence-electron chi connectivity index (χ3n) is 3.74. The third-order valence-corrected chi connectivity index (χ3v) is 3.74. The SMILES string of the molecule is Cc1noc(Cn2c(=O)[nH]c3ncc(-c4ccc(F)c(F)c4)cc32)n1. The summed E-state index contributed by atoms with van der Waals surface area (Å²) in [5.74, 6) is -1.14. The summed E-state index contributed by atoms with van der Waals surface area (Å²) in [4.78, 5) is 23.0. The van der Waals surface area contributed by atoms with Crippen molar-refractivity contribution in [3.63, 3.8) is 0 Å². The van der Waals surface area contributed by atoms with Crippen LogP contribution in [0.25, 0.3) is 22.3 Å². The third kappa shape index (κ3) is 2.69. The van der Waals surface area contributed by atoms with E-state index in [0.717, 1.165) is 12.1 Å². The Labute approximate surface area is 138 Å². The number of hydrogen-bond donors (Lipinski definition) is 1. The van der Waals surface area contributed by atoms with Gasteiger partial charge >= 0.3 is 5.69 Å². The zero-order chi connectivity index (χ0) is 17.6. The minimum absolute atomic E-state index is 0.0720. The first-order valence-corrected chi connectivity index (χ1v) is 7.34. The fourth-order valence-corrected chi connectivity index (χ4v) is 2.56. The second-order valence-corrected chi connectivity index (χ2v) is 5.47. The van der Waals surface area contributed by atoms with Crippen LogP contribution < -0.4 is 5.69 Å². The molecule has 126 valence electrons. The fraction of sp³-hybridized carbons (Fsp3) is 0.125. The van der Waals surface area contributed by atoms with Crippen LogP contribution in [0.2, 0.25) is 0 Å². The van der Waals surface area contributed by atoms with Gasteiger partial charge < -0.3 is 4.52 Å². The predicted octanol–water partition coefficient (Wildman–Crippen LogP) is 2.41. The van der Waals surface area contributed by atoms with Crippen LogP contribution in [-0.4, -0.2) is 24.7 Å². The number of nitrogens with zero attached hydrogens (tertiary/aromatic N) is 4. The molecule has 1 N–H and O–H groups in total. The first-order chi connectivity index (χ1) is 12.0. The van der Waals surface area contributed by atoms with Gasteiger partial charge in [-0.15, -0.1) is 0 Å². The minimum atomic E-state index is -0.953. The van der Waals surface area contributed by atoms with E-state index < -0.39 is 11.6 Å². The summed E-state index contributed by atoms with van der Waals surface area (Å²) in [6.07, 6.45) is 1.48. The number of nitrogens with one attached hydrogen (secondary N) is 1. The lowest BCUT2D eigenvalue weighted by molar-refractivity contribution is 0.368. The van der Waals surface area contributed by atoms with Gasteiger partial charge in [-0.3, -0.25) is 9.55 Å². The number of H-pyrrole nitrogens is 1. The zero-order valence-electron chi connectivity index (χ0n) is 13.0. The van der Waals surface area contributed by atoms with Crippen molar-refractivity contribution < 1.29 is 13.3 Å². The van der Waals surface area contributed by atoms with Gasteiger partial charge in [-0.25, -0.2) is 18.6 Å². The highest BCUT2D eigenvalue weighted by Gasteiger charge is 2.13. The summed E-state index contributed by atoms with van der Waals surface area (Å²) in [5, 5.41) is 3.69. The summed E-state index contributed by atoms with van der Waals surface area (Å²) in [7, 11) is 0. The lowest BCUT2D eigenvalue weighted by atomic mass is 10.1. The van der Waals surface area contributed by atoms with E-state index in [4.69, 9.17) is 4.52 Å². The minimum Gasteiger partial charge on any atom is -0.337 e. The molecule has 0 spiro atoms. The Balaban J connectivity index is 1.82. The van der Waals surface area contributed by atoms with Crippen molar-refractivity contribution in [3.05, 3.63) is 64.3 Å². The standard InChI is InChI=1S/C16H11F2N5O2/c1-8-20-14(25-22-8)7-23-13-5-10(6-19-15(13)21-16(23)24)9-2-3-11(17)12(18)4-9/h2-6H,7H2,1H3,(H,19,21,24). The van der Waals surface area contributed by atoms with Crippen molar-refractivity contribution in [2.24, 2.45) is 0 Å². The van der Waals surface area contributed by atoms with Gasteiger partial charge in [0.1, 0.15) is 6.54 Å². The van der Waals surface area contributed by atoms with Crippen LogP contribution in [0, 0.1) is 18.6 Å². The van der Waals surface area contributed by atoms with Gasteiger partial charge in [-0.05, 0) is 30.7 Å². The summed E-state index contributed by atoms with van der Waals surface area (Å²) in [6.45, 7) is 1.75. The highest BCUT2D eigenvalue weighted by molar-refractivity contribution is 5.78. The maximum absolute atomic E-state index is 13.5. The molecule has 0 unspecified atom stereocenters. The van der Waals surface area contributed by atoms with E-state index in [1.807, 2.05) is 0 Å². The quantitative estimate of drug-likeness (QED) is 0.617. The van der Waals surface area contributed by atoms with Crippen LogP contribution in [0.5, 0.6) is 0 Å². The van der Waals surface area contributed by atoms with Crippen LogP contribution in [-0.2, 0) is 6.54 Å². The lowest BCUT2D eigenvalue weighted by Gasteiger charge is -2.04. The van der Waals surface area contributed by atoms with Crippen LogP contribution in [0.15, 0.2) is 39.8 Å². The van der Waals surface area contributed by atoms with Crippen molar-refractivity contribution in [3.8, 4) is 11.1 Å². The van der Waals surface area contributed by atoms with Crippen LogP contribution >= 0.6 is 0 Å². The number of halogens is 2. The number of imidazole rings is 1. The molecule has 7 nitrogen and oxygen atoms in total. The Morgan fingerprint density at radius 3 is 2.76 bits per heavy atom. The Hall–Kier alpha value is -3.36. The molecule has 0 atom stereocenters. The van der Waals surface area contributed by atoms with Crippen molar-refractivity contribution in [2.45, 2.75) is 13.5 Å². The highest BCUT2D eigenvalue weighted by atomic mass is 19.2. The summed E-state index contributed by atoms with van der Waals surface area (Å²) in [5.41, 5.74) is 1.46. The molecule has 3 aromatic heterocycles. The Bertz CT molecular complexity index is 1150. The second-order valence-electron chi connectivity index (χ2n) is 5.47. The Kier molecular flexibility index (Phi) is 3.41. The van der Waals surface area contributed by atoms with E-state index in [0.29, 0.717) is 28.1 Å². The number of benzene rings is 1. The molecule has 0 saturated heterocycles. The van der Waals surface area contributed by atoms with Crippen LogP contribution in [0.4, 0.5) is 8.78 Å². The summed E-state index contributed by atoms with van der Waals surface area (Å²) < 4.78 is 33.0. The maximum atomic E-state index is 13.5. The van der Waals surface area contributed by atoms with Gasteiger partial charge in [-0.2, -0.15) is 4.98 Å². The van der Waals surface area contributed by atoms with E-state index in [2.05, 4.69) is 20.1 Å². The first kappa shape index (κ1) is 15.2. The number of pyridine rings is 1. The van der Waals surface area contributed by atoms with Crippen molar-refractivity contribution in [2.75, 3.05) is 0 Å². The molecular weight excluding hydrogens is 332 g/mol. The number of rotatable bonds is 3. The van der Waals surface area contributed by atoms with Gasteiger partial charge in [-0.1, -0.05) is 11.2 Å². The van der Waals surface area contributed by atoms with Crippen molar-refractivity contribution in [1.29, 1.82) is 0 Å². The number of hydrogen-bond acceptors (Lipinski definition) is 5. The molecular formula is C16H11F2N5O2. The zero-order valence-corrected chi connectivity index (χ0v) is 13.0. The van der Waals surface area contributed by atoms with Gasteiger partial charge in [0.2, 0.25) is 5.89 Å². The molecule has 25 heavy (non-hydrogen) atoms. The molecule has 0 saturated carbocycles. The van der Waals surface area contributed by atoms with Crippen LogP contribution in [0.1, 0.15) is 11.7 Å². The smallest absolute Gasteiger partial charge is 0.328 e. The van der Waals surface area contributed by atoms with E-state index >= 15 is 0 Å². The molecule has 0 bridgehead atoms. The molecule has 0 radical (unpaired) electrons. The van der Waals surface area contributed by atoms with Gasteiger partial charge in [0, 0.05) is 11.8 Å². The average Bonchev–Trinajstić information content (AvgIpc) is 3.13. The normalized spacial score (nSPS) is 11.3. The van der Waals surface area contributed by atoms with E-state index in [1.54, 1.807) is 13.0 Å². The molecule has 0 amide bonds. The molecule has 3 heterocycles. The molecule has 0 aliphatic rings. The lowest BCUT2D eigenvalue weighted by Crippen LogP contribution is -2.17. The van der Waals surface area contributed by atoms with E-state index in [-0.39, 0.29) is 18.1 Å². The Morgan fingerprint density at radius 2 is 2.04 bits per heavy atom. The van der Waals surface area contributed by atoms with E-state index in [9.17, 15) is 13.6 Å². The highest BCUT2D eigenvalue weighted by Crippen LogP contribution is 2.23. The molecule has 9 heteroatoms. The number of aromatic nitrogens is 5. The summed E-state index contributed by atoms with van der Waals surface area (Å²) in [6, 6.07) is 5.22. The topological polar surface area (TPSA) is 89.6 Å². The molecule has 4 aromatic rings. The van der Waals surface area contributed by atoms with Gasteiger partial charge in [0.15, 0.2) is 23.1 Å². The molecule has 0 fully saturated rings. The Morgan fingerprint density at radius 1 is 1.20 bits per heavy atom. The summed E-state index contributed by atoms with van der Waals surface area (Å²) >= 11 is 0. The molecule has 4 rings (SSSR count). The van der Waals surface area contributed by atoms with Crippen molar-refractivity contribution in [1.82, 2.24) is 24.7 Å². The predicted molar refractivity (Wildman–Crippen MR) is 83.8 cm³/mol. The largest absolute Gasteiger partial charge is 0.337 e. The van der Waals surface area contributed by atoms with Crippen LogP contribution in [0.3, 0.4) is 0 Å². The first-order valence-electron chi connectivity index (χ1n) is 7.34.